The molecule has 13 aromatic rings. The van der Waals surface area contributed by atoms with Gasteiger partial charge in [-0.1, -0.05) is 109 Å². The molecule has 286 valence electrons. The second-order valence-electron chi connectivity index (χ2n) is 15.1. The minimum atomic E-state index is 0.342. The van der Waals surface area contributed by atoms with E-state index in [0.29, 0.717) is 34.0 Å². The van der Waals surface area contributed by atoms with Crippen LogP contribution < -0.4 is 9.80 Å². The van der Waals surface area contributed by atoms with E-state index in [1.807, 2.05) is 71.6 Å². The number of para-hydroxylation sites is 2. The van der Waals surface area contributed by atoms with Crippen molar-refractivity contribution in [3.8, 4) is 0 Å². The fourth-order valence-corrected chi connectivity index (χ4v) is 8.82. The summed E-state index contributed by atoms with van der Waals surface area (Å²) < 4.78 is 19.3. The molecule has 0 saturated heterocycles. The van der Waals surface area contributed by atoms with Crippen molar-refractivity contribution in [2.75, 3.05) is 9.80 Å². The second kappa shape index (κ2) is 13.0. The standard InChI is InChI=1S/C52H30N6O3/c1-3-15-35-31(11-1)13-9-19-42(35)57(33-23-25-39-37-17-5-7-21-44(37)59-46(39)27-33)49-29-48-41(30-53-49)50-51(61-48)54-52(56-55-50)58(43-20-10-14-32-12-2-4-16-36(32)43)34-24-26-40-38-18-6-8-22-45(38)60-47(40)28-34/h1-30H. The van der Waals surface area contributed by atoms with Crippen molar-refractivity contribution < 1.29 is 13.3 Å². The van der Waals surface area contributed by atoms with E-state index in [0.717, 1.165) is 88.2 Å². The van der Waals surface area contributed by atoms with Gasteiger partial charge in [-0.25, -0.2) is 4.98 Å². The highest BCUT2D eigenvalue weighted by atomic mass is 16.3. The van der Waals surface area contributed by atoms with Crippen LogP contribution in [0.15, 0.2) is 195 Å². The maximum atomic E-state index is 6.63. The van der Waals surface area contributed by atoms with E-state index in [1.165, 1.54) is 0 Å². The highest BCUT2D eigenvalue weighted by Gasteiger charge is 2.24. The van der Waals surface area contributed by atoms with Gasteiger partial charge in [0.05, 0.1) is 28.1 Å². The van der Waals surface area contributed by atoms with Crippen LogP contribution in [0.2, 0.25) is 0 Å². The van der Waals surface area contributed by atoms with Crippen molar-refractivity contribution in [3.05, 3.63) is 182 Å². The predicted molar refractivity (Wildman–Crippen MR) is 244 cm³/mol. The summed E-state index contributed by atoms with van der Waals surface area (Å²) in [6.07, 6.45) is 1.79. The van der Waals surface area contributed by atoms with E-state index in [1.54, 1.807) is 6.20 Å². The molecule has 0 amide bonds. The monoisotopic (exact) mass is 786 g/mol. The Hall–Kier alpha value is -8.56. The molecule has 0 unspecified atom stereocenters. The number of benzene rings is 8. The summed E-state index contributed by atoms with van der Waals surface area (Å²) in [5, 5.41) is 18.8. The molecule has 0 spiro atoms. The average molecular weight is 787 g/mol. The summed E-state index contributed by atoms with van der Waals surface area (Å²) in [7, 11) is 0. The van der Waals surface area contributed by atoms with Gasteiger partial charge >= 0.3 is 0 Å². The fourth-order valence-electron chi connectivity index (χ4n) is 8.82. The van der Waals surface area contributed by atoms with E-state index in [-0.39, 0.29) is 0 Å². The van der Waals surface area contributed by atoms with Crippen molar-refractivity contribution in [2.45, 2.75) is 0 Å². The molecule has 0 radical (unpaired) electrons. The number of hydrogen-bond acceptors (Lipinski definition) is 9. The molecule has 13 rings (SSSR count). The van der Waals surface area contributed by atoms with Gasteiger partial charge in [0.15, 0.2) is 5.52 Å². The molecule has 0 saturated carbocycles. The number of aromatic nitrogens is 4. The van der Waals surface area contributed by atoms with Crippen LogP contribution in [-0.2, 0) is 0 Å². The van der Waals surface area contributed by atoms with Crippen LogP contribution >= 0.6 is 0 Å². The molecule has 9 heteroatoms. The Balaban J connectivity index is 0.981. The van der Waals surface area contributed by atoms with Gasteiger partial charge < -0.3 is 13.3 Å². The Morgan fingerprint density at radius 2 is 0.885 bits per heavy atom. The number of nitrogens with zero attached hydrogens (tertiary/aromatic N) is 6. The molecule has 9 nitrogen and oxygen atoms in total. The molecule has 0 aliphatic carbocycles. The molecule has 0 atom stereocenters. The number of furan rings is 3. The molecule has 5 heterocycles. The number of hydrogen-bond donors (Lipinski definition) is 0. The third-order valence-corrected chi connectivity index (χ3v) is 11.6. The van der Waals surface area contributed by atoms with Gasteiger partial charge in [0.1, 0.15) is 33.7 Å². The molecular formula is C52H30N6O3. The number of pyridine rings is 1. The summed E-state index contributed by atoms with van der Waals surface area (Å²) in [5.74, 6) is 1.01. The maximum Gasteiger partial charge on any atom is 0.257 e. The summed E-state index contributed by atoms with van der Waals surface area (Å²) in [6.45, 7) is 0. The summed E-state index contributed by atoms with van der Waals surface area (Å²) in [5.41, 5.74) is 8.21. The Labute approximate surface area is 346 Å². The van der Waals surface area contributed by atoms with Gasteiger partial charge in [-0.2, -0.15) is 4.98 Å². The van der Waals surface area contributed by atoms with Gasteiger partial charge in [-0.05, 0) is 59.3 Å². The lowest BCUT2D eigenvalue weighted by Crippen LogP contribution is -2.14. The number of rotatable bonds is 6. The van der Waals surface area contributed by atoms with Gasteiger partial charge in [-0.3, -0.25) is 9.80 Å². The summed E-state index contributed by atoms with van der Waals surface area (Å²) in [4.78, 5) is 14.3. The highest BCUT2D eigenvalue weighted by molar-refractivity contribution is 6.09. The lowest BCUT2D eigenvalue weighted by molar-refractivity contribution is 0.650. The molecule has 61 heavy (non-hydrogen) atoms. The van der Waals surface area contributed by atoms with E-state index in [9.17, 15) is 0 Å². The summed E-state index contributed by atoms with van der Waals surface area (Å²) >= 11 is 0. The van der Waals surface area contributed by atoms with Crippen LogP contribution in [0.1, 0.15) is 0 Å². The first kappa shape index (κ1) is 33.4. The van der Waals surface area contributed by atoms with Crippen LogP contribution in [0.3, 0.4) is 0 Å². The molecule has 5 aromatic heterocycles. The zero-order valence-corrected chi connectivity index (χ0v) is 32.2. The van der Waals surface area contributed by atoms with Gasteiger partial charge in [0, 0.05) is 56.7 Å². The van der Waals surface area contributed by atoms with Gasteiger partial charge in [-0.15, -0.1) is 10.2 Å². The second-order valence-corrected chi connectivity index (χ2v) is 15.1. The maximum absolute atomic E-state index is 6.63. The zero-order valence-electron chi connectivity index (χ0n) is 32.2. The van der Waals surface area contributed by atoms with Crippen LogP contribution in [0.25, 0.3) is 87.6 Å². The van der Waals surface area contributed by atoms with E-state index in [4.69, 9.17) is 33.4 Å². The largest absolute Gasteiger partial charge is 0.456 e. The van der Waals surface area contributed by atoms with E-state index < -0.39 is 0 Å². The van der Waals surface area contributed by atoms with Crippen molar-refractivity contribution in [1.29, 1.82) is 0 Å². The number of anilines is 6. The van der Waals surface area contributed by atoms with Gasteiger partial charge in [0.25, 0.3) is 11.7 Å². The Morgan fingerprint density at radius 1 is 0.377 bits per heavy atom. The van der Waals surface area contributed by atoms with Crippen molar-refractivity contribution in [2.24, 2.45) is 0 Å². The van der Waals surface area contributed by atoms with Gasteiger partial charge in [0.2, 0.25) is 0 Å². The molecule has 0 aliphatic heterocycles. The first-order valence-corrected chi connectivity index (χ1v) is 20.0. The molecule has 8 aromatic carbocycles. The molecule has 0 aliphatic rings. The molecule has 0 bridgehead atoms. The lowest BCUT2D eigenvalue weighted by atomic mass is 10.1. The van der Waals surface area contributed by atoms with Crippen molar-refractivity contribution in [1.82, 2.24) is 20.2 Å². The van der Waals surface area contributed by atoms with Crippen LogP contribution in [0.4, 0.5) is 34.5 Å². The Kier molecular flexibility index (Phi) is 7.11. The fraction of sp³-hybridized carbons (Fsp3) is 0. The lowest BCUT2D eigenvalue weighted by Gasteiger charge is -2.25. The van der Waals surface area contributed by atoms with E-state index in [2.05, 4.69) is 114 Å². The SMILES string of the molecule is c1ccc2c(N(c3ccc4c(c3)oc3ccccc34)c3cc4oc5nc(N(c6ccc7c(c6)oc6ccccc67)c6cccc7ccccc67)nnc5c4cn3)cccc2c1. The van der Waals surface area contributed by atoms with Crippen molar-refractivity contribution >= 4 is 122 Å². The summed E-state index contributed by atoms with van der Waals surface area (Å²) in [6, 6.07) is 59.7. The normalized spacial score (nSPS) is 11.9. The molecule has 0 N–H and O–H groups in total. The average Bonchev–Trinajstić information content (AvgIpc) is 3.99. The minimum absolute atomic E-state index is 0.342. The Bertz CT molecular complexity index is 3620. The highest BCUT2D eigenvalue weighted by Crippen LogP contribution is 2.43. The van der Waals surface area contributed by atoms with Crippen molar-refractivity contribution in [3.63, 3.8) is 0 Å². The smallest absolute Gasteiger partial charge is 0.257 e. The third-order valence-electron chi connectivity index (χ3n) is 11.6. The van der Waals surface area contributed by atoms with Crippen LogP contribution in [0.5, 0.6) is 0 Å². The topological polar surface area (TPSA) is 97.5 Å². The van der Waals surface area contributed by atoms with E-state index >= 15 is 0 Å². The predicted octanol–water partition coefficient (Wildman–Crippen LogP) is 14.2. The zero-order chi connectivity index (χ0) is 40.0. The quantitative estimate of drug-likeness (QED) is 0.163. The van der Waals surface area contributed by atoms with Crippen LogP contribution in [-0.4, -0.2) is 20.2 Å². The Morgan fingerprint density at radius 3 is 1.52 bits per heavy atom. The third kappa shape index (κ3) is 5.20. The number of fused-ring (bicyclic) bond motifs is 11. The molecular weight excluding hydrogens is 757 g/mol. The van der Waals surface area contributed by atoms with Crippen LogP contribution in [0, 0.1) is 0 Å². The first-order valence-electron chi connectivity index (χ1n) is 20.0. The first-order chi connectivity index (χ1) is 30.2. The minimum Gasteiger partial charge on any atom is -0.456 e. The molecule has 0 fully saturated rings.